The molecule has 0 radical (unpaired) electrons. The third kappa shape index (κ3) is 1.39. The molecule has 0 aromatic carbocycles. The van der Waals surface area contributed by atoms with E-state index < -0.39 is 7.12 Å². The Bertz CT molecular complexity index is 441. The highest BCUT2D eigenvalue weighted by atomic mass is 16.4. The SMILES string of the molecule is Cn1nc2cc(B(O)O)cnc2n1. The molecule has 0 aliphatic rings. The van der Waals surface area contributed by atoms with Crippen molar-refractivity contribution in [2.75, 3.05) is 0 Å². The lowest BCUT2D eigenvalue weighted by atomic mass is 9.82. The number of aromatic nitrogens is 4. The first kappa shape index (κ1) is 8.15. The van der Waals surface area contributed by atoms with E-state index in [1.54, 1.807) is 13.1 Å². The molecule has 0 saturated heterocycles. The van der Waals surface area contributed by atoms with Crippen LogP contribution in [0.5, 0.6) is 0 Å². The van der Waals surface area contributed by atoms with Crippen LogP contribution < -0.4 is 5.46 Å². The van der Waals surface area contributed by atoms with E-state index in [0.29, 0.717) is 16.6 Å². The molecular weight excluding hydrogens is 171 g/mol. The van der Waals surface area contributed by atoms with Gasteiger partial charge < -0.3 is 10.0 Å². The lowest BCUT2D eigenvalue weighted by molar-refractivity contribution is 0.425. The predicted octanol–water partition coefficient (Wildman–Crippen LogP) is -1.96. The van der Waals surface area contributed by atoms with Gasteiger partial charge in [-0.05, 0) is 6.07 Å². The minimum absolute atomic E-state index is 0.313. The minimum atomic E-state index is -1.51. The summed E-state index contributed by atoms with van der Waals surface area (Å²) in [7, 11) is 0.162. The molecule has 0 unspecified atom stereocenters. The molecule has 0 spiro atoms. The van der Waals surface area contributed by atoms with Crippen LogP contribution in [0.2, 0.25) is 0 Å². The first-order valence-electron chi connectivity index (χ1n) is 3.70. The Kier molecular flexibility index (Phi) is 1.75. The highest BCUT2D eigenvalue weighted by molar-refractivity contribution is 6.58. The molecule has 7 heteroatoms. The summed E-state index contributed by atoms with van der Waals surface area (Å²) in [5.41, 5.74) is 1.35. The Labute approximate surface area is 74.0 Å². The van der Waals surface area contributed by atoms with Crippen molar-refractivity contribution in [2.45, 2.75) is 0 Å². The van der Waals surface area contributed by atoms with Crippen LogP contribution in [0, 0.1) is 0 Å². The van der Waals surface area contributed by atoms with E-state index in [0.717, 1.165) is 0 Å². The number of fused-ring (bicyclic) bond motifs is 1. The monoisotopic (exact) mass is 178 g/mol. The summed E-state index contributed by atoms with van der Waals surface area (Å²) in [5.74, 6) is 0. The molecule has 0 aliphatic heterocycles. The van der Waals surface area contributed by atoms with E-state index in [2.05, 4.69) is 15.2 Å². The number of nitrogens with zero attached hydrogens (tertiary/aromatic N) is 4. The van der Waals surface area contributed by atoms with Crippen LogP contribution in [0.1, 0.15) is 0 Å². The zero-order valence-electron chi connectivity index (χ0n) is 6.92. The molecule has 6 nitrogen and oxygen atoms in total. The molecule has 2 rings (SSSR count). The first-order valence-corrected chi connectivity index (χ1v) is 3.70. The minimum Gasteiger partial charge on any atom is -0.423 e. The first-order chi connectivity index (χ1) is 6.16. The predicted molar refractivity (Wildman–Crippen MR) is 46.1 cm³/mol. The van der Waals surface area contributed by atoms with E-state index in [-0.39, 0.29) is 0 Å². The van der Waals surface area contributed by atoms with Gasteiger partial charge in [-0.1, -0.05) is 0 Å². The average molecular weight is 178 g/mol. The van der Waals surface area contributed by atoms with Gasteiger partial charge in [-0.2, -0.15) is 9.90 Å². The van der Waals surface area contributed by atoms with E-state index in [1.807, 2.05) is 0 Å². The lowest BCUT2D eigenvalue weighted by Crippen LogP contribution is -2.29. The third-order valence-electron chi connectivity index (χ3n) is 1.66. The number of hydrogen-bond donors (Lipinski definition) is 2. The molecule has 0 saturated carbocycles. The molecule has 0 atom stereocenters. The van der Waals surface area contributed by atoms with E-state index in [1.165, 1.54) is 11.0 Å². The van der Waals surface area contributed by atoms with E-state index in [9.17, 15) is 0 Å². The number of hydrogen-bond acceptors (Lipinski definition) is 5. The quantitative estimate of drug-likeness (QED) is 0.495. The van der Waals surface area contributed by atoms with Gasteiger partial charge in [0.1, 0.15) is 5.52 Å². The van der Waals surface area contributed by atoms with Crippen molar-refractivity contribution in [3.8, 4) is 0 Å². The van der Waals surface area contributed by atoms with E-state index >= 15 is 0 Å². The van der Waals surface area contributed by atoms with Crippen LogP contribution >= 0.6 is 0 Å². The second kappa shape index (κ2) is 2.79. The van der Waals surface area contributed by atoms with Crippen molar-refractivity contribution in [3.05, 3.63) is 12.3 Å². The summed E-state index contributed by atoms with van der Waals surface area (Å²) in [6, 6.07) is 1.54. The Balaban J connectivity index is 2.61. The second-order valence-corrected chi connectivity index (χ2v) is 2.67. The van der Waals surface area contributed by atoms with Gasteiger partial charge in [0.05, 0.1) is 0 Å². The molecule has 66 valence electrons. The van der Waals surface area contributed by atoms with Crippen LogP contribution in [-0.4, -0.2) is 37.1 Å². The summed E-state index contributed by atoms with van der Waals surface area (Å²) in [5, 5.41) is 25.6. The van der Waals surface area contributed by atoms with Gasteiger partial charge in [0.25, 0.3) is 0 Å². The van der Waals surface area contributed by atoms with Gasteiger partial charge in [0.2, 0.25) is 5.65 Å². The number of aryl methyl sites for hydroxylation is 1. The molecule has 2 heterocycles. The average Bonchev–Trinajstić information content (AvgIpc) is 2.42. The Morgan fingerprint density at radius 1 is 1.38 bits per heavy atom. The second-order valence-electron chi connectivity index (χ2n) is 2.67. The fourth-order valence-electron chi connectivity index (χ4n) is 1.07. The maximum absolute atomic E-state index is 8.85. The van der Waals surface area contributed by atoms with Crippen molar-refractivity contribution < 1.29 is 10.0 Å². The molecule has 2 aromatic rings. The maximum atomic E-state index is 8.85. The van der Waals surface area contributed by atoms with Gasteiger partial charge in [-0.15, -0.1) is 5.10 Å². The summed E-state index contributed by atoms with van der Waals surface area (Å²) in [4.78, 5) is 5.29. The molecule has 0 bridgehead atoms. The zero-order chi connectivity index (χ0) is 9.42. The standard InChI is InChI=1S/C6H7BN4O2/c1-11-9-5-2-4(7(12)13)3-8-6(5)10-11/h2-3,12-13H,1H3. The van der Waals surface area contributed by atoms with Gasteiger partial charge in [-0.3, -0.25) is 0 Å². The lowest BCUT2D eigenvalue weighted by Gasteiger charge is -1.95. The Morgan fingerprint density at radius 3 is 2.85 bits per heavy atom. The fourth-order valence-corrected chi connectivity index (χ4v) is 1.07. The van der Waals surface area contributed by atoms with Crippen molar-refractivity contribution in [1.29, 1.82) is 0 Å². The van der Waals surface area contributed by atoms with Crippen LogP contribution in [0.25, 0.3) is 11.2 Å². The van der Waals surface area contributed by atoms with E-state index in [4.69, 9.17) is 10.0 Å². The molecule has 0 amide bonds. The van der Waals surface area contributed by atoms with Crippen LogP contribution in [-0.2, 0) is 7.05 Å². The maximum Gasteiger partial charge on any atom is 0.490 e. The van der Waals surface area contributed by atoms with Crippen LogP contribution in [0.4, 0.5) is 0 Å². The van der Waals surface area contributed by atoms with Crippen LogP contribution in [0.15, 0.2) is 12.3 Å². The Morgan fingerprint density at radius 2 is 2.15 bits per heavy atom. The molecule has 0 aliphatic carbocycles. The zero-order valence-corrected chi connectivity index (χ0v) is 6.92. The Hall–Kier alpha value is -1.47. The summed E-state index contributed by atoms with van der Waals surface area (Å²) >= 11 is 0. The van der Waals surface area contributed by atoms with Gasteiger partial charge >= 0.3 is 7.12 Å². The highest BCUT2D eigenvalue weighted by Gasteiger charge is 2.13. The normalized spacial score (nSPS) is 10.7. The number of rotatable bonds is 1. The summed E-state index contributed by atoms with van der Waals surface area (Å²) < 4.78 is 0. The van der Waals surface area contributed by atoms with Gasteiger partial charge in [0, 0.05) is 18.7 Å². The van der Waals surface area contributed by atoms with Crippen molar-refractivity contribution in [1.82, 2.24) is 20.0 Å². The molecule has 0 fully saturated rings. The van der Waals surface area contributed by atoms with Crippen molar-refractivity contribution in [2.24, 2.45) is 7.05 Å². The third-order valence-corrected chi connectivity index (χ3v) is 1.66. The number of pyridine rings is 1. The smallest absolute Gasteiger partial charge is 0.423 e. The molecule has 2 aromatic heterocycles. The molecular formula is C6H7BN4O2. The highest BCUT2D eigenvalue weighted by Crippen LogP contribution is 2.01. The topological polar surface area (TPSA) is 84.1 Å². The summed E-state index contributed by atoms with van der Waals surface area (Å²) in [6.45, 7) is 0. The van der Waals surface area contributed by atoms with Crippen LogP contribution in [0.3, 0.4) is 0 Å². The fraction of sp³-hybridized carbons (Fsp3) is 0.167. The summed E-state index contributed by atoms with van der Waals surface area (Å²) in [6.07, 6.45) is 1.36. The molecule has 2 N–H and O–H groups in total. The van der Waals surface area contributed by atoms with Crippen molar-refractivity contribution in [3.63, 3.8) is 0 Å². The van der Waals surface area contributed by atoms with Gasteiger partial charge in [-0.25, -0.2) is 4.98 Å². The van der Waals surface area contributed by atoms with Gasteiger partial charge in [0.15, 0.2) is 0 Å². The largest absolute Gasteiger partial charge is 0.490 e. The van der Waals surface area contributed by atoms with Crippen molar-refractivity contribution >= 4 is 23.7 Å². The molecule has 13 heavy (non-hydrogen) atoms.